The summed E-state index contributed by atoms with van der Waals surface area (Å²) in [5.41, 5.74) is 0. The van der Waals surface area contributed by atoms with E-state index in [9.17, 15) is 14.4 Å². The van der Waals surface area contributed by atoms with Crippen molar-refractivity contribution in [2.45, 2.75) is 44.9 Å². The van der Waals surface area contributed by atoms with Crippen LogP contribution >= 0.6 is 0 Å². The maximum Gasteiger partial charge on any atom is 0.162 e. The Balaban J connectivity index is 2.53. The molecule has 0 aromatic carbocycles. The van der Waals surface area contributed by atoms with Gasteiger partial charge in [-0.15, -0.1) is 0 Å². The van der Waals surface area contributed by atoms with Crippen LogP contribution in [0.1, 0.15) is 44.9 Å². The minimum absolute atomic E-state index is 0.0130. The van der Waals surface area contributed by atoms with Crippen LogP contribution in [0, 0.1) is 0 Å². The first-order valence-corrected chi connectivity index (χ1v) is 6.09. The van der Waals surface area contributed by atoms with E-state index in [1.807, 2.05) is 6.08 Å². The Labute approximate surface area is 102 Å². The van der Waals surface area contributed by atoms with Crippen molar-refractivity contribution < 1.29 is 14.4 Å². The molecule has 1 rings (SSSR count). The maximum absolute atomic E-state index is 11.4. The third-order valence-corrected chi connectivity index (χ3v) is 2.60. The molecule has 0 spiro atoms. The van der Waals surface area contributed by atoms with E-state index in [0.29, 0.717) is 25.7 Å². The van der Waals surface area contributed by atoms with Crippen LogP contribution in [0.5, 0.6) is 0 Å². The number of allylic oxidation sites excluding steroid dienone is 4. The van der Waals surface area contributed by atoms with Crippen molar-refractivity contribution in [1.82, 2.24) is 0 Å². The van der Waals surface area contributed by atoms with Gasteiger partial charge in [-0.1, -0.05) is 12.2 Å². The fraction of sp³-hybridized carbons (Fsp3) is 0.500. The second-order valence-corrected chi connectivity index (χ2v) is 4.24. The Kier molecular flexibility index (Phi) is 6.15. The van der Waals surface area contributed by atoms with E-state index in [2.05, 4.69) is 0 Å². The van der Waals surface area contributed by atoms with Crippen LogP contribution in [0.15, 0.2) is 24.3 Å². The van der Waals surface area contributed by atoms with E-state index in [0.717, 1.165) is 12.8 Å². The molecule has 1 aliphatic carbocycles. The molecule has 0 bridgehead atoms. The van der Waals surface area contributed by atoms with E-state index in [-0.39, 0.29) is 23.8 Å². The van der Waals surface area contributed by atoms with Gasteiger partial charge >= 0.3 is 0 Å². The molecule has 0 unspecified atom stereocenters. The first-order valence-electron chi connectivity index (χ1n) is 6.09. The molecule has 0 radical (unpaired) electrons. The van der Waals surface area contributed by atoms with E-state index < -0.39 is 0 Å². The topological polar surface area (TPSA) is 51.2 Å². The van der Waals surface area contributed by atoms with Crippen molar-refractivity contribution in [2.75, 3.05) is 0 Å². The minimum atomic E-state index is -0.131. The third-order valence-electron chi connectivity index (χ3n) is 2.60. The molecule has 0 aromatic heterocycles. The lowest BCUT2D eigenvalue weighted by Crippen LogP contribution is -2.05. The number of hydrogen-bond donors (Lipinski definition) is 0. The van der Waals surface area contributed by atoms with E-state index in [4.69, 9.17) is 0 Å². The predicted octanol–water partition coefficient (Wildman–Crippen LogP) is 2.55. The van der Waals surface area contributed by atoms with Crippen molar-refractivity contribution in [3.8, 4) is 0 Å². The zero-order chi connectivity index (χ0) is 12.5. The van der Waals surface area contributed by atoms with Gasteiger partial charge in [0.05, 0.1) is 6.42 Å². The highest BCUT2D eigenvalue weighted by Gasteiger charge is 2.06. The molecule has 17 heavy (non-hydrogen) atoms. The van der Waals surface area contributed by atoms with Gasteiger partial charge in [-0.05, 0) is 37.8 Å². The summed E-state index contributed by atoms with van der Waals surface area (Å²) >= 11 is 0. The summed E-state index contributed by atoms with van der Waals surface area (Å²) in [6.07, 6.45) is 10.5. The van der Waals surface area contributed by atoms with E-state index in [1.165, 1.54) is 6.08 Å². The number of Topliss-reactive ketones (excluding diaryl/α,β-unsaturated/α-hetero) is 1. The lowest BCUT2D eigenvalue weighted by atomic mass is 10.1. The molecule has 0 saturated carbocycles. The van der Waals surface area contributed by atoms with Gasteiger partial charge < -0.3 is 0 Å². The van der Waals surface area contributed by atoms with Gasteiger partial charge in [0.25, 0.3) is 0 Å². The maximum atomic E-state index is 11.4. The molecule has 0 heterocycles. The molecule has 92 valence electrons. The highest BCUT2D eigenvalue weighted by molar-refractivity contribution is 6.04. The Hall–Kier alpha value is -1.51. The van der Waals surface area contributed by atoms with Crippen LogP contribution in [0.3, 0.4) is 0 Å². The van der Waals surface area contributed by atoms with Gasteiger partial charge in [-0.3, -0.25) is 14.4 Å². The van der Waals surface area contributed by atoms with Crippen LogP contribution in [-0.4, -0.2) is 17.3 Å². The second kappa shape index (κ2) is 7.71. The van der Waals surface area contributed by atoms with Gasteiger partial charge in [0, 0.05) is 12.8 Å². The van der Waals surface area contributed by atoms with Crippen molar-refractivity contribution in [2.24, 2.45) is 0 Å². The largest absolute Gasteiger partial charge is 0.299 e. The van der Waals surface area contributed by atoms with Gasteiger partial charge in [0.2, 0.25) is 0 Å². The first kappa shape index (κ1) is 13.6. The zero-order valence-electron chi connectivity index (χ0n) is 9.98. The number of ketones is 3. The quantitative estimate of drug-likeness (QED) is 0.605. The summed E-state index contributed by atoms with van der Waals surface area (Å²) in [5.74, 6) is -0.0292. The Bertz CT molecular complexity index is 350. The molecule has 3 heteroatoms. The van der Waals surface area contributed by atoms with E-state index >= 15 is 0 Å². The summed E-state index contributed by atoms with van der Waals surface area (Å²) in [6, 6.07) is 0. The first-order chi connectivity index (χ1) is 8.18. The van der Waals surface area contributed by atoms with Crippen molar-refractivity contribution in [3.63, 3.8) is 0 Å². The van der Waals surface area contributed by atoms with Gasteiger partial charge in [0.15, 0.2) is 11.6 Å². The smallest absolute Gasteiger partial charge is 0.162 e. The summed E-state index contributed by atoms with van der Waals surface area (Å²) in [7, 11) is 0. The minimum Gasteiger partial charge on any atom is -0.299 e. The number of carbonyl (C=O) groups excluding carboxylic acids is 3. The fourth-order valence-corrected chi connectivity index (χ4v) is 1.67. The van der Waals surface area contributed by atoms with Crippen LogP contribution in [0.25, 0.3) is 0 Å². The molecule has 0 N–H and O–H groups in total. The molecule has 0 fully saturated rings. The highest BCUT2D eigenvalue weighted by Crippen LogP contribution is 2.05. The monoisotopic (exact) mass is 234 g/mol. The van der Waals surface area contributed by atoms with Crippen LogP contribution in [-0.2, 0) is 14.4 Å². The summed E-state index contributed by atoms with van der Waals surface area (Å²) in [5, 5.41) is 0. The summed E-state index contributed by atoms with van der Waals surface area (Å²) in [4.78, 5) is 34.1. The SMILES string of the molecule is O=C1/C=C\CCCC(=O)CC(=O)/C=C\CCC1. The Morgan fingerprint density at radius 3 is 2.06 bits per heavy atom. The van der Waals surface area contributed by atoms with Crippen LogP contribution in [0.4, 0.5) is 0 Å². The van der Waals surface area contributed by atoms with Gasteiger partial charge in [-0.25, -0.2) is 0 Å². The van der Waals surface area contributed by atoms with Crippen LogP contribution in [0.2, 0.25) is 0 Å². The fourth-order valence-electron chi connectivity index (χ4n) is 1.67. The molecule has 0 aliphatic heterocycles. The summed E-state index contributed by atoms with van der Waals surface area (Å²) < 4.78 is 0. The standard InChI is InChI=1S/C14H18O3/c15-12-7-3-1-5-9-13(16)11-14(17)10-6-2-4-8-12/h3,6-7,10H,1-2,4-5,8-9,11H2/b7-3-,10-6-. The summed E-state index contributed by atoms with van der Waals surface area (Å²) in [6.45, 7) is 0. The highest BCUT2D eigenvalue weighted by atomic mass is 16.1. The molecular formula is C14H18O3. The lowest BCUT2D eigenvalue weighted by Gasteiger charge is -1.98. The number of rotatable bonds is 0. The van der Waals surface area contributed by atoms with Crippen molar-refractivity contribution in [1.29, 1.82) is 0 Å². The Morgan fingerprint density at radius 1 is 0.765 bits per heavy atom. The zero-order valence-corrected chi connectivity index (χ0v) is 9.98. The molecule has 0 atom stereocenters. The van der Waals surface area contributed by atoms with Gasteiger partial charge in [0.1, 0.15) is 5.78 Å². The molecule has 1 aliphatic rings. The predicted molar refractivity (Wildman–Crippen MR) is 65.6 cm³/mol. The molecule has 0 amide bonds. The Morgan fingerprint density at radius 2 is 1.35 bits per heavy atom. The average molecular weight is 234 g/mol. The third kappa shape index (κ3) is 6.61. The average Bonchev–Trinajstić information content (AvgIpc) is 2.27. The van der Waals surface area contributed by atoms with E-state index in [1.54, 1.807) is 12.2 Å². The number of carbonyl (C=O) groups is 3. The normalized spacial score (nSPS) is 24.1. The molecule has 0 saturated heterocycles. The second-order valence-electron chi connectivity index (χ2n) is 4.24. The van der Waals surface area contributed by atoms with Crippen molar-refractivity contribution in [3.05, 3.63) is 24.3 Å². The number of hydrogen-bond acceptors (Lipinski definition) is 3. The van der Waals surface area contributed by atoms with Crippen molar-refractivity contribution >= 4 is 17.3 Å². The molecule has 0 aromatic rings. The lowest BCUT2D eigenvalue weighted by molar-refractivity contribution is -0.124. The molecule has 3 nitrogen and oxygen atoms in total. The van der Waals surface area contributed by atoms with Gasteiger partial charge in [-0.2, -0.15) is 0 Å². The molecular weight excluding hydrogens is 216 g/mol. The van der Waals surface area contributed by atoms with Crippen LogP contribution < -0.4 is 0 Å².